The summed E-state index contributed by atoms with van der Waals surface area (Å²) in [5, 5.41) is 8.32. The summed E-state index contributed by atoms with van der Waals surface area (Å²) >= 11 is 0. The molecule has 0 rings (SSSR count). The van der Waals surface area contributed by atoms with Crippen LogP contribution in [0.1, 0.15) is 32.6 Å². The molecule has 1 N–H and O–H groups in total. The molecular weight excluding hydrogens is 238 g/mol. The van der Waals surface area contributed by atoms with Crippen molar-refractivity contribution in [2.75, 3.05) is 6.61 Å². The van der Waals surface area contributed by atoms with Crippen LogP contribution in [0.3, 0.4) is 0 Å². The summed E-state index contributed by atoms with van der Waals surface area (Å²) < 4.78 is 0. The van der Waals surface area contributed by atoms with Crippen molar-refractivity contribution in [1.29, 1.82) is 0 Å². The molecule has 0 saturated carbocycles. The molecule has 0 aromatic carbocycles. The van der Waals surface area contributed by atoms with Crippen LogP contribution in [-0.2, 0) is 4.79 Å². The topological polar surface area (TPSA) is 37.3 Å². The first-order valence-corrected chi connectivity index (χ1v) is 3.43. The number of carbonyl (C=O) groups excluding carboxylic acids is 1. The Morgan fingerprint density at radius 2 is 2.00 bits per heavy atom. The van der Waals surface area contributed by atoms with Crippen molar-refractivity contribution in [2.24, 2.45) is 0 Å². The molecule has 0 aliphatic heterocycles. The van der Waals surface area contributed by atoms with Crippen LogP contribution >= 0.6 is 0 Å². The normalized spacial score (nSPS) is 8.60. The van der Waals surface area contributed by atoms with E-state index in [1.54, 1.807) is 0 Å². The second-order valence-electron chi connectivity index (χ2n) is 2.12. The fourth-order valence-electron chi connectivity index (χ4n) is 0.624. The van der Waals surface area contributed by atoms with E-state index >= 15 is 0 Å². The molecule has 0 unspecified atom stereocenters. The molecule has 0 aromatic heterocycles. The van der Waals surface area contributed by atoms with Crippen LogP contribution in [0.5, 0.6) is 0 Å². The third kappa shape index (κ3) is 8.45. The standard InChI is InChI=1S/C7H14O2.Sb.3H/c1-2-3-4-7(9)5-6-8;;;;/h8H,2-6H2,1H3;;;;. The van der Waals surface area contributed by atoms with Gasteiger partial charge in [-0.3, -0.25) is 4.79 Å². The Hall–Kier alpha value is 0.448. The molecule has 0 heterocycles. The van der Waals surface area contributed by atoms with Gasteiger partial charge >= 0.3 is 24.4 Å². The van der Waals surface area contributed by atoms with Crippen LogP contribution in [0.15, 0.2) is 0 Å². The van der Waals surface area contributed by atoms with Crippen LogP contribution in [0.2, 0.25) is 0 Å². The summed E-state index contributed by atoms with van der Waals surface area (Å²) in [7, 11) is 0. The third-order valence-electron chi connectivity index (χ3n) is 1.20. The summed E-state index contributed by atoms with van der Waals surface area (Å²) in [6.45, 7) is 2.05. The molecule has 0 fully saturated rings. The number of rotatable bonds is 5. The molecule has 10 heavy (non-hydrogen) atoms. The van der Waals surface area contributed by atoms with E-state index in [4.69, 9.17) is 5.11 Å². The number of hydrogen-bond donors (Lipinski definition) is 1. The average molecular weight is 255 g/mol. The Morgan fingerprint density at radius 3 is 2.40 bits per heavy atom. The monoisotopic (exact) mass is 254 g/mol. The van der Waals surface area contributed by atoms with Crippen molar-refractivity contribution in [1.82, 2.24) is 0 Å². The van der Waals surface area contributed by atoms with Gasteiger partial charge in [-0.05, 0) is 6.42 Å². The maximum atomic E-state index is 10.6. The van der Waals surface area contributed by atoms with E-state index < -0.39 is 0 Å². The summed E-state index contributed by atoms with van der Waals surface area (Å²) in [6, 6.07) is 0. The van der Waals surface area contributed by atoms with Crippen LogP contribution < -0.4 is 0 Å². The summed E-state index contributed by atoms with van der Waals surface area (Å²) in [5.74, 6) is 0.180. The van der Waals surface area contributed by atoms with E-state index in [1.807, 2.05) is 6.92 Å². The van der Waals surface area contributed by atoms with Gasteiger partial charge in [-0.1, -0.05) is 13.3 Å². The number of Topliss-reactive ketones (excluding diaryl/α,β-unsaturated/α-hetero) is 1. The van der Waals surface area contributed by atoms with E-state index in [1.165, 1.54) is 0 Å². The summed E-state index contributed by atoms with van der Waals surface area (Å²) in [6.07, 6.45) is 2.98. The molecule has 62 valence electrons. The van der Waals surface area contributed by atoms with Gasteiger partial charge in [-0.2, -0.15) is 0 Å². The van der Waals surface area contributed by atoms with Crippen molar-refractivity contribution in [3.8, 4) is 0 Å². The molecule has 3 heteroatoms. The van der Waals surface area contributed by atoms with Gasteiger partial charge < -0.3 is 5.11 Å². The quantitative estimate of drug-likeness (QED) is 0.699. The second kappa shape index (κ2) is 9.45. The van der Waals surface area contributed by atoms with E-state index in [-0.39, 0.29) is 36.8 Å². The zero-order valence-electron chi connectivity index (χ0n) is 6.60. The van der Waals surface area contributed by atoms with Gasteiger partial charge in [0.25, 0.3) is 0 Å². The van der Waals surface area contributed by atoms with E-state index in [0.717, 1.165) is 12.8 Å². The van der Waals surface area contributed by atoms with Crippen molar-refractivity contribution in [3.05, 3.63) is 0 Å². The first kappa shape index (κ1) is 13.1. The minimum absolute atomic E-state index is 0. The van der Waals surface area contributed by atoms with E-state index in [0.29, 0.717) is 12.8 Å². The number of hydrogen-bond acceptors (Lipinski definition) is 2. The maximum absolute atomic E-state index is 10.6. The first-order valence-electron chi connectivity index (χ1n) is 3.43. The molecule has 0 atom stereocenters. The number of unbranched alkanes of at least 4 members (excludes halogenated alkanes) is 1. The van der Waals surface area contributed by atoms with Gasteiger partial charge in [0.05, 0.1) is 0 Å². The Bertz CT molecular complexity index is 83.7. The molecule has 0 bridgehead atoms. The molecule has 2 nitrogen and oxygen atoms in total. The van der Waals surface area contributed by atoms with E-state index in [2.05, 4.69) is 0 Å². The Kier molecular flexibility index (Phi) is 12.3. The van der Waals surface area contributed by atoms with Gasteiger partial charge in [-0.15, -0.1) is 0 Å². The molecule has 0 spiro atoms. The molecule has 0 amide bonds. The van der Waals surface area contributed by atoms with Gasteiger partial charge in [0.1, 0.15) is 5.78 Å². The number of carbonyl (C=O) groups is 1. The Balaban J connectivity index is 0. The minimum atomic E-state index is 0. The molecular formula is C7H17O2Sb. The van der Waals surface area contributed by atoms with Gasteiger partial charge in [0.15, 0.2) is 0 Å². The third-order valence-corrected chi connectivity index (χ3v) is 1.20. The fourth-order valence-corrected chi connectivity index (χ4v) is 0.624. The van der Waals surface area contributed by atoms with Crippen LogP contribution in [-0.4, -0.2) is 41.9 Å². The first-order chi connectivity index (χ1) is 4.31. The Morgan fingerprint density at radius 1 is 1.40 bits per heavy atom. The van der Waals surface area contributed by atoms with Crippen LogP contribution in [0.4, 0.5) is 0 Å². The Labute approximate surface area is 79.5 Å². The molecule has 0 aliphatic carbocycles. The molecule has 0 aliphatic rings. The van der Waals surface area contributed by atoms with Crippen molar-refractivity contribution >= 4 is 30.2 Å². The summed E-state index contributed by atoms with van der Waals surface area (Å²) in [5.41, 5.74) is 0. The number of aliphatic hydroxyl groups excluding tert-OH is 1. The van der Waals surface area contributed by atoms with Gasteiger partial charge in [-0.25, -0.2) is 0 Å². The summed E-state index contributed by atoms with van der Waals surface area (Å²) in [4.78, 5) is 10.6. The van der Waals surface area contributed by atoms with E-state index in [9.17, 15) is 4.79 Å². The van der Waals surface area contributed by atoms with Gasteiger partial charge in [0.2, 0.25) is 0 Å². The predicted molar refractivity (Wildman–Crippen MR) is 46.2 cm³/mol. The number of aliphatic hydroxyl groups is 1. The van der Waals surface area contributed by atoms with Gasteiger partial charge in [0, 0.05) is 19.4 Å². The van der Waals surface area contributed by atoms with Crippen molar-refractivity contribution in [3.63, 3.8) is 0 Å². The SMILES string of the molecule is CCCCC(=O)CCO.[SbH3]. The zero-order chi connectivity index (χ0) is 7.11. The van der Waals surface area contributed by atoms with Crippen LogP contribution in [0, 0.1) is 0 Å². The second-order valence-corrected chi connectivity index (χ2v) is 2.12. The fraction of sp³-hybridized carbons (Fsp3) is 0.857. The van der Waals surface area contributed by atoms with Crippen molar-refractivity contribution < 1.29 is 9.90 Å². The van der Waals surface area contributed by atoms with Crippen molar-refractivity contribution in [2.45, 2.75) is 32.6 Å². The zero-order valence-corrected chi connectivity index (χ0v) is 10.6. The average Bonchev–Trinajstić information content (AvgIpc) is 1.85. The molecule has 0 saturated heterocycles. The molecule has 0 radical (unpaired) electrons. The predicted octanol–water partition coefficient (Wildman–Crippen LogP) is -0.0558. The van der Waals surface area contributed by atoms with Crippen LogP contribution in [0.25, 0.3) is 0 Å². The number of ketones is 1. The molecule has 0 aromatic rings.